The third kappa shape index (κ3) is 3.95. The van der Waals surface area contributed by atoms with E-state index in [9.17, 15) is 13.2 Å². The second-order valence-corrected chi connectivity index (χ2v) is 7.85. The van der Waals surface area contributed by atoms with Crippen LogP contribution in [0.4, 0.5) is 16.2 Å². The smallest absolute Gasteiger partial charge is 0.319 e. The van der Waals surface area contributed by atoms with Crippen molar-refractivity contribution >= 4 is 27.4 Å². The van der Waals surface area contributed by atoms with Gasteiger partial charge in [0.1, 0.15) is 0 Å². The van der Waals surface area contributed by atoms with Crippen molar-refractivity contribution in [1.82, 2.24) is 5.32 Å². The predicted octanol–water partition coefficient (Wildman–Crippen LogP) is 2.07. The van der Waals surface area contributed by atoms with Crippen molar-refractivity contribution in [3.8, 4) is 6.07 Å². The van der Waals surface area contributed by atoms with E-state index in [1.54, 1.807) is 24.3 Å². The number of anilines is 2. The van der Waals surface area contributed by atoms with Gasteiger partial charge in [-0.25, -0.2) is 13.2 Å². The van der Waals surface area contributed by atoms with Crippen LogP contribution in [0.5, 0.6) is 0 Å². The van der Waals surface area contributed by atoms with Crippen LogP contribution < -0.4 is 14.9 Å². The van der Waals surface area contributed by atoms with Crippen LogP contribution in [0.25, 0.3) is 0 Å². The summed E-state index contributed by atoms with van der Waals surface area (Å²) in [6, 6.07) is 15.4. The molecule has 2 aromatic rings. The fraction of sp³-hybridized carbons (Fsp3) is 0.222. The first-order valence-corrected chi connectivity index (χ1v) is 9.74. The molecule has 8 heteroatoms. The van der Waals surface area contributed by atoms with E-state index in [0.29, 0.717) is 29.9 Å². The normalized spacial score (nSPS) is 13.0. The first-order valence-electron chi connectivity index (χ1n) is 8.13. The number of carbonyl (C=O) groups excluding carboxylic acids is 1. The summed E-state index contributed by atoms with van der Waals surface area (Å²) in [5.74, 6) is -0.188. The Morgan fingerprint density at radius 2 is 2.00 bits per heavy atom. The first-order chi connectivity index (χ1) is 12.5. The van der Waals surface area contributed by atoms with Gasteiger partial charge in [0.2, 0.25) is 10.0 Å². The Hall–Kier alpha value is -3.05. The minimum atomic E-state index is -3.50. The van der Waals surface area contributed by atoms with Crippen molar-refractivity contribution in [2.45, 2.75) is 6.42 Å². The Bertz CT molecular complexity index is 966. The molecule has 0 radical (unpaired) electrons. The Labute approximate surface area is 152 Å². The maximum Gasteiger partial charge on any atom is 0.319 e. The molecule has 0 saturated carbocycles. The highest BCUT2D eigenvalue weighted by molar-refractivity contribution is 7.92. The number of rotatable bonds is 5. The highest BCUT2D eigenvalue weighted by atomic mass is 32.2. The van der Waals surface area contributed by atoms with E-state index in [-0.39, 0.29) is 12.3 Å². The lowest BCUT2D eigenvalue weighted by Gasteiger charge is -2.19. The van der Waals surface area contributed by atoms with Gasteiger partial charge in [0.15, 0.2) is 0 Å². The summed E-state index contributed by atoms with van der Waals surface area (Å²) in [4.78, 5) is 11.9. The average molecular weight is 370 g/mol. The lowest BCUT2D eigenvalue weighted by atomic mass is 10.2. The van der Waals surface area contributed by atoms with Gasteiger partial charge in [-0.1, -0.05) is 24.3 Å². The molecule has 7 nitrogen and oxygen atoms in total. The number of fused-ring (bicyclic) bond motifs is 1. The summed E-state index contributed by atoms with van der Waals surface area (Å²) < 4.78 is 26.5. The number of amides is 2. The second-order valence-electron chi connectivity index (χ2n) is 5.84. The standard InChI is InChI=1S/C18H18N4O3S/c19-13-14-4-3-6-16(12-14)21-18(23)20-9-11-26(24,25)22-10-8-15-5-1-2-7-17(15)22/h1-7,12H,8-11H2,(H2,20,21,23). The van der Waals surface area contributed by atoms with Crippen LogP contribution in [-0.2, 0) is 16.4 Å². The Balaban J connectivity index is 1.54. The van der Waals surface area contributed by atoms with Crippen molar-refractivity contribution in [1.29, 1.82) is 5.26 Å². The largest absolute Gasteiger partial charge is 0.337 e. The zero-order valence-electron chi connectivity index (χ0n) is 14.0. The van der Waals surface area contributed by atoms with Gasteiger partial charge in [0.05, 0.1) is 23.1 Å². The molecule has 2 amide bonds. The quantitative estimate of drug-likeness (QED) is 0.841. The molecular formula is C18H18N4O3S. The van der Waals surface area contributed by atoms with Crippen molar-refractivity contribution in [2.24, 2.45) is 0 Å². The number of hydrogen-bond acceptors (Lipinski definition) is 4. The molecule has 1 heterocycles. The van der Waals surface area contributed by atoms with Crippen molar-refractivity contribution in [2.75, 3.05) is 28.5 Å². The van der Waals surface area contributed by atoms with Crippen LogP contribution in [0.2, 0.25) is 0 Å². The third-order valence-corrected chi connectivity index (χ3v) is 5.85. The van der Waals surface area contributed by atoms with Crippen LogP contribution in [0.1, 0.15) is 11.1 Å². The summed E-state index contributed by atoms with van der Waals surface area (Å²) in [7, 11) is -3.50. The number of hydrogen-bond donors (Lipinski definition) is 2. The SMILES string of the molecule is N#Cc1cccc(NC(=O)NCCS(=O)(=O)N2CCc3ccccc32)c1. The highest BCUT2D eigenvalue weighted by Gasteiger charge is 2.28. The van der Waals surface area contributed by atoms with E-state index in [1.807, 2.05) is 24.3 Å². The van der Waals surface area contributed by atoms with Crippen molar-refractivity contribution in [3.63, 3.8) is 0 Å². The molecule has 0 fully saturated rings. The topological polar surface area (TPSA) is 102 Å². The molecule has 2 N–H and O–H groups in total. The van der Waals surface area contributed by atoms with Crippen LogP contribution in [-0.4, -0.2) is 33.3 Å². The molecule has 2 aromatic carbocycles. The van der Waals surface area contributed by atoms with E-state index in [0.717, 1.165) is 5.56 Å². The van der Waals surface area contributed by atoms with Gasteiger partial charge in [0, 0.05) is 18.8 Å². The summed E-state index contributed by atoms with van der Waals surface area (Å²) >= 11 is 0. The van der Waals surface area contributed by atoms with E-state index in [4.69, 9.17) is 5.26 Å². The van der Waals surface area contributed by atoms with Crippen molar-refractivity contribution < 1.29 is 13.2 Å². The summed E-state index contributed by atoms with van der Waals surface area (Å²) in [6.07, 6.45) is 0.693. The minimum absolute atomic E-state index is 0.00915. The molecule has 26 heavy (non-hydrogen) atoms. The molecule has 0 aromatic heterocycles. The molecule has 0 saturated heterocycles. The number of nitrogens with zero attached hydrogens (tertiary/aromatic N) is 2. The van der Waals surface area contributed by atoms with E-state index in [1.165, 1.54) is 10.4 Å². The van der Waals surface area contributed by atoms with Crippen LogP contribution >= 0.6 is 0 Å². The van der Waals surface area contributed by atoms with Crippen LogP contribution in [0.3, 0.4) is 0 Å². The third-order valence-electron chi connectivity index (χ3n) is 4.08. The monoisotopic (exact) mass is 370 g/mol. The molecule has 0 atom stereocenters. The Kier molecular flexibility index (Phi) is 5.09. The van der Waals surface area contributed by atoms with Crippen LogP contribution in [0.15, 0.2) is 48.5 Å². The fourth-order valence-corrected chi connectivity index (χ4v) is 4.27. The molecule has 134 valence electrons. The Morgan fingerprint density at radius 3 is 2.81 bits per heavy atom. The number of benzene rings is 2. The molecule has 1 aliphatic heterocycles. The zero-order valence-corrected chi connectivity index (χ0v) is 14.8. The number of para-hydroxylation sites is 1. The highest BCUT2D eigenvalue weighted by Crippen LogP contribution is 2.29. The summed E-state index contributed by atoms with van der Waals surface area (Å²) in [6.45, 7) is 0.416. The minimum Gasteiger partial charge on any atom is -0.337 e. The number of urea groups is 1. The fourth-order valence-electron chi connectivity index (χ4n) is 2.84. The zero-order chi connectivity index (χ0) is 18.6. The number of carbonyl (C=O) groups is 1. The van der Waals surface area contributed by atoms with Gasteiger partial charge in [-0.2, -0.15) is 5.26 Å². The van der Waals surface area contributed by atoms with E-state index in [2.05, 4.69) is 10.6 Å². The van der Waals surface area contributed by atoms with Crippen molar-refractivity contribution in [3.05, 3.63) is 59.7 Å². The number of nitrogens with one attached hydrogen (secondary N) is 2. The molecular weight excluding hydrogens is 352 g/mol. The number of sulfonamides is 1. The molecule has 0 aliphatic carbocycles. The Morgan fingerprint density at radius 1 is 1.19 bits per heavy atom. The average Bonchev–Trinajstić information content (AvgIpc) is 3.06. The van der Waals surface area contributed by atoms with Gasteiger partial charge in [0.25, 0.3) is 0 Å². The van der Waals surface area contributed by atoms with Crippen LogP contribution in [0, 0.1) is 11.3 Å². The predicted molar refractivity (Wildman–Crippen MR) is 99.5 cm³/mol. The van der Waals surface area contributed by atoms with Gasteiger partial charge in [-0.15, -0.1) is 0 Å². The molecule has 3 rings (SSSR count). The summed E-state index contributed by atoms with van der Waals surface area (Å²) in [5.41, 5.74) is 2.63. The molecule has 0 spiro atoms. The maximum atomic E-state index is 12.5. The van der Waals surface area contributed by atoms with E-state index < -0.39 is 16.1 Å². The first kappa shape index (κ1) is 17.8. The lowest BCUT2D eigenvalue weighted by Crippen LogP contribution is -2.38. The maximum absolute atomic E-state index is 12.5. The van der Waals surface area contributed by atoms with Gasteiger partial charge in [-0.05, 0) is 36.2 Å². The molecule has 0 unspecified atom stereocenters. The van der Waals surface area contributed by atoms with Gasteiger partial charge >= 0.3 is 6.03 Å². The van der Waals surface area contributed by atoms with Gasteiger partial charge in [-0.3, -0.25) is 4.31 Å². The summed E-state index contributed by atoms with van der Waals surface area (Å²) in [5, 5.41) is 14.0. The lowest BCUT2D eigenvalue weighted by molar-refractivity contribution is 0.252. The molecule has 0 bridgehead atoms. The number of nitriles is 1. The van der Waals surface area contributed by atoms with E-state index >= 15 is 0 Å². The van der Waals surface area contributed by atoms with Gasteiger partial charge < -0.3 is 10.6 Å². The second kappa shape index (κ2) is 7.45. The molecule has 1 aliphatic rings.